The van der Waals surface area contributed by atoms with Gasteiger partial charge in [0.1, 0.15) is 12.4 Å². The van der Waals surface area contributed by atoms with Crippen molar-refractivity contribution in [1.82, 2.24) is 0 Å². The molecule has 0 amide bonds. The van der Waals surface area contributed by atoms with Crippen molar-refractivity contribution in [3.05, 3.63) is 10.1 Å². The van der Waals surface area contributed by atoms with E-state index in [4.69, 9.17) is 0 Å². The third-order valence-electron chi connectivity index (χ3n) is 11.4. The Bertz CT molecular complexity index is 831. The van der Waals surface area contributed by atoms with Gasteiger partial charge in [0.2, 0.25) is 0 Å². The van der Waals surface area contributed by atoms with Crippen LogP contribution in [0.15, 0.2) is 0 Å². The van der Waals surface area contributed by atoms with Crippen LogP contribution in [-0.4, -0.2) is 51.4 Å². The summed E-state index contributed by atoms with van der Waals surface area (Å²) in [6.45, 7) is 7.43. The highest BCUT2D eigenvalue weighted by Crippen LogP contribution is 2.68. The van der Waals surface area contributed by atoms with Gasteiger partial charge < -0.3 is 15.1 Å². The van der Waals surface area contributed by atoms with E-state index in [9.17, 15) is 25.1 Å². The molecule has 0 saturated heterocycles. The molecule has 4 rings (SSSR count). The van der Waals surface area contributed by atoms with Crippen molar-refractivity contribution in [2.45, 2.75) is 110 Å². The number of hydrogen-bond acceptors (Lipinski definition) is 8. The molecule has 0 aliphatic heterocycles. The minimum Gasteiger partial charge on any atom is -0.393 e. The molecule has 4 saturated carbocycles. The van der Waals surface area contributed by atoms with Gasteiger partial charge in [-0.3, -0.25) is 4.79 Å². The largest absolute Gasteiger partial charge is 0.393 e. The van der Waals surface area contributed by atoms with E-state index in [-0.39, 0.29) is 29.6 Å². The Morgan fingerprint density at radius 2 is 1.74 bits per heavy atom. The van der Waals surface area contributed by atoms with Gasteiger partial charge >= 0.3 is 0 Å². The van der Waals surface area contributed by atoms with Gasteiger partial charge in [0.25, 0.3) is 5.09 Å². The van der Waals surface area contributed by atoms with Gasteiger partial charge in [-0.25, -0.2) is 0 Å². The van der Waals surface area contributed by atoms with Crippen LogP contribution in [-0.2, 0) is 9.63 Å². The summed E-state index contributed by atoms with van der Waals surface area (Å²) < 4.78 is 0. The molecule has 0 spiro atoms. The first-order valence-corrected chi connectivity index (χ1v) is 17.4. The minimum absolute atomic E-state index is 0.104. The maximum Gasteiger partial charge on any atom is 0.294 e. The fourth-order valence-electron chi connectivity index (χ4n) is 9.48. The molecule has 0 aromatic rings. The zero-order valence-electron chi connectivity index (χ0n) is 23.5. The second-order valence-electron chi connectivity index (χ2n) is 13.3. The van der Waals surface area contributed by atoms with Crippen LogP contribution in [0.3, 0.4) is 0 Å². The predicted octanol–water partition coefficient (Wildman–Crippen LogP) is 6.33. The fraction of sp³-hybridized carbons (Fsp3) is 0.966. The first-order chi connectivity index (χ1) is 18.1. The molecular weight excluding hydrogens is 522 g/mol. The molecule has 4 fully saturated rings. The summed E-state index contributed by atoms with van der Waals surface area (Å²) in [7, 11) is 3.20. The summed E-state index contributed by atoms with van der Waals surface area (Å²) in [5, 5.41) is 31.1. The number of Topliss-reactive ketones (excluding diaryl/α,β-unsaturated/α-hetero) is 1. The highest BCUT2D eigenvalue weighted by atomic mass is 33.1. The molecule has 7 nitrogen and oxygen atoms in total. The van der Waals surface area contributed by atoms with Crippen LogP contribution < -0.4 is 0 Å². The topological polar surface area (TPSA) is 110 Å². The Hall–Kier alpha value is -0.510. The molecule has 0 unspecified atom stereocenters. The summed E-state index contributed by atoms with van der Waals surface area (Å²) in [5.41, 5.74) is 0.523. The molecule has 4 aliphatic rings. The normalized spacial score (nSPS) is 41.0. The van der Waals surface area contributed by atoms with Crippen LogP contribution in [0, 0.1) is 56.5 Å². The Kier molecular flexibility index (Phi) is 10.4. The highest BCUT2D eigenvalue weighted by Gasteiger charge is 2.62. The van der Waals surface area contributed by atoms with Crippen molar-refractivity contribution < 1.29 is 24.9 Å². The standard InChI is InChI=1S/C29H49NO6S2/c1-19(6-7-21(31)5-4-15-37-38-16-14-36-30(34)35)23-8-9-24-27-25(11-13-29(23,24)3)28(2)12-10-22(32)17-20(28)18-26(27)33/h19-20,22-27,32-33H,4-18H2,1-3H3/t19-,20+,22-,23-,24+,25+,26+,27+,28+,29-/m1/s1. The third kappa shape index (κ3) is 6.52. The fourth-order valence-corrected chi connectivity index (χ4v) is 11.4. The van der Waals surface area contributed by atoms with Gasteiger partial charge in [0, 0.05) is 24.3 Å². The third-order valence-corrected chi connectivity index (χ3v) is 13.9. The lowest BCUT2D eigenvalue weighted by Gasteiger charge is -2.62. The molecule has 4 aliphatic carbocycles. The number of carbonyl (C=O) groups excluding carboxylic acids is 1. The summed E-state index contributed by atoms with van der Waals surface area (Å²) in [6, 6.07) is 0. The van der Waals surface area contributed by atoms with Gasteiger partial charge in [-0.15, -0.1) is 10.1 Å². The summed E-state index contributed by atoms with van der Waals surface area (Å²) >= 11 is 0. The Balaban J connectivity index is 1.23. The van der Waals surface area contributed by atoms with Gasteiger partial charge in [-0.1, -0.05) is 42.4 Å². The van der Waals surface area contributed by atoms with Crippen molar-refractivity contribution in [3.63, 3.8) is 0 Å². The van der Waals surface area contributed by atoms with Crippen molar-refractivity contribution in [2.24, 2.45) is 46.3 Å². The van der Waals surface area contributed by atoms with Crippen LogP contribution in [0.2, 0.25) is 0 Å². The van der Waals surface area contributed by atoms with Crippen LogP contribution in [0.1, 0.15) is 97.8 Å². The number of aliphatic hydroxyl groups is 2. The lowest BCUT2D eigenvalue weighted by atomic mass is 9.43. The zero-order chi connectivity index (χ0) is 27.5. The Labute approximate surface area is 236 Å². The van der Waals surface area contributed by atoms with Crippen molar-refractivity contribution in [2.75, 3.05) is 18.1 Å². The first kappa shape index (κ1) is 30.4. The number of hydrogen-bond donors (Lipinski definition) is 2. The summed E-state index contributed by atoms with van der Waals surface area (Å²) in [5.74, 6) is 4.94. The highest BCUT2D eigenvalue weighted by molar-refractivity contribution is 8.76. The number of fused-ring (bicyclic) bond motifs is 5. The zero-order valence-corrected chi connectivity index (χ0v) is 25.1. The van der Waals surface area contributed by atoms with E-state index in [0.29, 0.717) is 59.9 Å². The molecule has 2 N–H and O–H groups in total. The van der Waals surface area contributed by atoms with Gasteiger partial charge in [0.15, 0.2) is 0 Å². The molecule has 0 radical (unpaired) electrons. The van der Waals surface area contributed by atoms with E-state index in [1.807, 2.05) is 0 Å². The number of aliphatic hydroxyl groups excluding tert-OH is 2. The molecule has 10 atom stereocenters. The molecule has 9 heteroatoms. The molecule has 0 aromatic heterocycles. The summed E-state index contributed by atoms with van der Waals surface area (Å²) in [4.78, 5) is 27.0. The van der Waals surface area contributed by atoms with Crippen molar-refractivity contribution in [1.29, 1.82) is 0 Å². The Morgan fingerprint density at radius 3 is 2.50 bits per heavy atom. The number of nitrogens with zero attached hydrogens (tertiary/aromatic N) is 1. The predicted molar refractivity (Wildman–Crippen MR) is 153 cm³/mol. The maximum absolute atomic E-state index is 12.6. The number of rotatable bonds is 13. The quantitative estimate of drug-likeness (QED) is 0.114. The van der Waals surface area contributed by atoms with E-state index < -0.39 is 5.09 Å². The van der Waals surface area contributed by atoms with Crippen LogP contribution in [0.25, 0.3) is 0 Å². The van der Waals surface area contributed by atoms with Crippen LogP contribution in [0.5, 0.6) is 0 Å². The van der Waals surface area contributed by atoms with Crippen LogP contribution in [0.4, 0.5) is 0 Å². The van der Waals surface area contributed by atoms with Gasteiger partial charge in [0.05, 0.1) is 12.2 Å². The van der Waals surface area contributed by atoms with E-state index in [1.165, 1.54) is 25.7 Å². The van der Waals surface area contributed by atoms with E-state index >= 15 is 0 Å². The van der Waals surface area contributed by atoms with E-state index in [1.54, 1.807) is 21.6 Å². The maximum atomic E-state index is 12.6. The molecule has 0 bridgehead atoms. The molecule has 0 aromatic carbocycles. The van der Waals surface area contributed by atoms with E-state index in [0.717, 1.165) is 44.3 Å². The average molecular weight is 572 g/mol. The minimum atomic E-state index is -0.764. The monoisotopic (exact) mass is 571 g/mol. The smallest absolute Gasteiger partial charge is 0.294 e. The van der Waals surface area contributed by atoms with Crippen molar-refractivity contribution >= 4 is 27.4 Å². The molecule has 0 heterocycles. The number of carbonyl (C=O) groups is 1. The number of ketones is 1. The van der Waals surface area contributed by atoms with Gasteiger partial charge in [-0.05, 0) is 111 Å². The van der Waals surface area contributed by atoms with Gasteiger partial charge in [-0.2, -0.15) is 0 Å². The second-order valence-corrected chi connectivity index (χ2v) is 16.0. The summed E-state index contributed by atoms with van der Waals surface area (Å²) in [6.07, 6.45) is 11.3. The first-order valence-electron chi connectivity index (χ1n) is 15.0. The molecule has 218 valence electrons. The van der Waals surface area contributed by atoms with Crippen molar-refractivity contribution in [3.8, 4) is 0 Å². The average Bonchev–Trinajstić information content (AvgIpc) is 3.22. The van der Waals surface area contributed by atoms with E-state index in [2.05, 4.69) is 25.6 Å². The molecule has 38 heavy (non-hydrogen) atoms. The second kappa shape index (κ2) is 13.0. The van der Waals surface area contributed by atoms with Crippen LogP contribution >= 0.6 is 21.6 Å². The SMILES string of the molecule is C[C@H](CCC(=O)CCCSSCCO[N+](=O)[O-])[C@H]1CC[C@H]2[C@@H]3[C@@H](O)C[C@@H]4C[C@H](O)CC[C@]4(C)[C@H]3CC[C@]12C. The molecular formula is C29H49NO6S2. The Morgan fingerprint density at radius 1 is 1.03 bits per heavy atom. The lowest BCUT2D eigenvalue weighted by molar-refractivity contribution is -0.756. The lowest BCUT2D eigenvalue weighted by Crippen LogP contribution is -2.58.